The van der Waals surface area contributed by atoms with E-state index in [9.17, 15) is 9.18 Å². The first-order valence-electron chi connectivity index (χ1n) is 9.14. The van der Waals surface area contributed by atoms with E-state index in [1.807, 2.05) is 0 Å². The first kappa shape index (κ1) is 21.0. The van der Waals surface area contributed by atoms with E-state index in [0.717, 1.165) is 5.56 Å². The van der Waals surface area contributed by atoms with Gasteiger partial charge in [0.05, 0.1) is 27.9 Å². The van der Waals surface area contributed by atoms with Gasteiger partial charge in [0, 0.05) is 23.3 Å². The molecule has 0 unspecified atom stereocenters. The number of nitrogens with one attached hydrogen (secondary N) is 1. The minimum atomic E-state index is -0.310. The molecule has 1 aromatic heterocycles. The lowest BCUT2D eigenvalue weighted by Crippen LogP contribution is -2.19. The van der Waals surface area contributed by atoms with Crippen LogP contribution in [0.3, 0.4) is 0 Å². The Labute approximate surface area is 173 Å². The summed E-state index contributed by atoms with van der Waals surface area (Å²) in [7, 11) is 4.61. The van der Waals surface area contributed by atoms with Crippen LogP contribution in [-0.4, -0.2) is 27.2 Å². The van der Waals surface area contributed by atoms with Gasteiger partial charge in [0.15, 0.2) is 11.5 Å². The summed E-state index contributed by atoms with van der Waals surface area (Å²) in [5, 5.41) is 2.76. The molecule has 0 aliphatic heterocycles. The van der Waals surface area contributed by atoms with Gasteiger partial charge in [-0.15, -0.1) is 0 Å². The SMILES string of the molecule is COc1cc(OC)c(OC)cc1/C=C/C(=O)NCc1ccc(-c2ccc(F)cc2)o1. The maximum atomic E-state index is 13.0. The average molecular weight is 411 g/mol. The van der Waals surface area contributed by atoms with Crippen molar-refractivity contribution >= 4 is 12.0 Å². The molecular weight excluding hydrogens is 389 g/mol. The Hall–Kier alpha value is -3.74. The van der Waals surface area contributed by atoms with E-state index in [4.69, 9.17) is 18.6 Å². The third kappa shape index (κ3) is 5.00. The summed E-state index contributed by atoms with van der Waals surface area (Å²) >= 11 is 0. The van der Waals surface area contributed by atoms with Crippen molar-refractivity contribution in [1.29, 1.82) is 0 Å². The van der Waals surface area contributed by atoms with Crippen LogP contribution in [0, 0.1) is 5.82 Å². The number of amides is 1. The van der Waals surface area contributed by atoms with E-state index in [-0.39, 0.29) is 18.3 Å². The predicted molar refractivity (Wildman–Crippen MR) is 111 cm³/mol. The molecule has 2 aromatic carbocycles. The fraction of sp³-hybridized carbons (Fsp3) is 0.174. The number of benzene rings is 2. The van der Waals surface area contributed by atoms with Crippen LogP contribution in [0.4, 0.5) is 4.39 Å². The van der Waals surface area contributed by atoms with Crippen molar-refractivity contribution in [1.82, 2.24) is 5.32 Å². The maximum absolute atomic E-state index is 13.0. The van der Waals surface area contributed by atoms with Gasteiger partial charge in [-0.25, -0.2) is 4.39 Å². The highest BCUT2D eigenvalue weighted by molar-refractivity contribution is 5.92. The molecule has 0 aliphatic rings. The second kappa shape index (κ2) is 9.65. The fourth-order valence-corrected chi connectivity index (χ4v) is 2.82. The molecule has 6 nitrogen and oxygen atoms in total. The molecular formula is C23H22FNO5. The van der Waals surface area contributed by atoms with Gasteiger partial charge >= 0.3 is 0 Å². The van der Waals surface area contributed by atoms with Crippen LogP contribution in [0.2, 0.25) is 0 Å². The van der Waals surface area contributed by atoms with E-state index >= 15 is 0 Å². The van der Waals surface area contributed by atoms with Gasteiger partial charge in [0.1, 0.15) is 23.1 Å². The highest BCUT2D eigenvalue weighted by Crippen LogP contribution is 2.35. The number of carbonyl (C=O) groups is 1. The summed E-state index contributed by atoms with van der Waals surface area (Å²) in [6.07, 6.45) is 3.02. The minimum absolute atomic E-state index is 0.216. The average Bonchev–Trinajstić information content (AvgIpc) is 3.25. The van der Waals surface area contributed by atoms with E-state index in [1.165, 1.54) is 39.5 Å². The lowest BCUT2D eigenvalue weighted by molar-refractivity contribution is -0.116. The Morgan fingerprint density at radius 3 is 2.30 bits per heavy atom. The molecule has 1 N–H and O–H groups in total. The maximum Gasteiger partial charge on any atom is 0.244 e. The predicted octanol–water partition coefficient (Wildman–Crippen LogP) is 4.44. The second-order valence-corrected chi connectivity index (χ2v) is 6.27. The van der Waals surface area contributed by atoms with Crippen molar-refractivity contribution in [3.63, 3.8) is 0 Å². The molecule has 1 heterocycles. The molecule has 3 aromatic rings. The number of hydrogen-bond acceptors (Lipinski definition) is 5. The summed E-state index contributed by atoms with van der Waals surface area (Å²) in [5.41, 5.74) is 1.43. The quantitative estimate of drug-likeness (QED) is 0.555. The molecule has 0 atom stereocenters. The third-order valence-corrected chi connectivity index (χ3v) is 4.38. The molecule has 0 radical (unpaired) electrons. The summed E-state index contributed by atoms with van der Waals surface area (Å²) in [6, 6.07) is 13.0. The molecule has 30 heavy (non-hydrogen) atoms. The third-order valence-electron chi connectivity index (χ3n) is 4.38. The number of rotatable bonds is 8. The van der Waals surface area contributed by atoms with Crippen LogP contribution >= 0.6 is 0 Å². The van der Waals surface area contributed by atoms with Crippen LogP contribution < -0.4 is 19.5 Å². The van der Waals surface area contributed by atoms with Gasteiger partial charge in [0.2, 0.25) is 5.91 Å². The molecule has 1 amide bonds. The topological polar surface area (TPSA) is 69.9 Å². The molecule has 0 saturated heterocycles. The Kier molecular flexibility index (Phi) is 6.75. The van der Waals surface area contributed by atoms with Crippen LogP contribution in [0.15, 0.2) is 59.0 Å². The van der Waals surface area contributed by atoms with Crippen molar-refractivity contribution in [3.05, 3.63) is 71.7 Å². The number of methoxy groups -OCH3 is 3. The molecule has 0 saturated carbocycles. The zero-order valence-electron chi connectivity index (χ0n) is 16.9. The molecule has 7 heteroatoms. The minimum Gasteiger partial charge on any atom is -0.496 e. The fourth-order valence-electron chi connectivity index (χ4n) is 2.82. The summed E-state index contributed by atoms with van der Waals surface area (Å²) in [6.45, 7) is 0.216. The van der Waals surface area contributed by atoms with Crippen molar-refractivity contribution in [2.45, 2.75) is 6.54 Å². The molecule has 3 rings (SSSR count). The first-order valence-corrected chi connectivity index (χ1v) is 9.14. The molecule has 0 fully saturated rings. The normalized spacial score (nSPS) is 10.8. The van der Waals surface area contributed by atoms with Crippen molar-refractivity contribution < 1.29 is 27.8 Å². The van der Waals surface area contributed by atoms with Crippen molar-refractivity contribution in [2.75, 3.05) is 21.3 Å². The highest BCUT2D eigenvalue weighted by Gasteiger charge is 2.11. The van der Waals surface area contributed by atoms with Gasteiger partial charge in [0.25, 0.3) is 0 Å². The molecule has 0 spiro atoms. The molecule has 0 bridgehead atoms. The number of ether oxygens (including phenoxy) is 3. The van der Waals surface area contributed by atoms with Gasteiger partial charge in [-0.05, 0) is 48.5 Å². The second-order valence-electron chi connectivity index (χ2n) is 6.27. The van der Waals surface area contributed by atoms with Gasteiger partial charge in [-0.1, -0.05) is 0 Å². The van der Waals surface area contributed by atoms with E-state index < -0.39 is 0 Å². The van der Waals surface area contributed by atoms with Gasteiger partial charge in [-0.2, -0.15) is 0 Å². The Bertz CT molecular complexity index is 1040. The largest absolute Gasteiger partial charge is 0.496 e. The number of hydrogen-bond donors (Lipinski definition) is 1. The van der Waals surface area contributed by atoms with E-state index in [1.54, 1.807) is 42.5 Å². The van der Waals surface area contributed by atoms with Gasteiger partial charge < -0.3 is 23.9 Å². The summed E-state index contributed by atoms with van der Waals surface area (Å²) in [4.78, 5) is 12.2. The standard InChI is InChI=1S/C23H22FNO5/c1-27-20-13-22(29-3)21(28-2)12-16(20)6-11-23(26)25-14-18-9-10-19(30-18)15-4-7-17(24)8-5-15/h4-13H,14H2,1-3H3,(H,25,26)/b11-6+. The first-order chi connectivity index (χ1) is 14.5. The lowest BCUT2D eigenvalue weighted by Gasteiger charge is -2.12. The van der Waals surface area contributed by atoms with Crippen LogP contribution in [-0.2, 0) is 11.3 Å². The van der Waals surface area contributed by atoms with Crippen LogP contribution in [0.1, 0.15) is 11.3 Å². The summed E-state index contributed by atoms with van der Waals surface area (Å²) < 4.78 is 34.6. The van der Waals surface area contributed by atoms with Crippen molar-refractivity contribution in [3.8, 4) is 28.6 Å². The Balaban J connectivity index is 1.64. The van der Waals surface area contributed by atoms with Crippen LogP contribution in [0.5, 0.6) is 17.2 Å². The Morgan fingerprint density at radius 1 is 0.967 bits per heavy atom. The van der Waals surface area contributed by atoms with Crippen molar-refractivity contribution in [2.24, 2.45) is 0 Å². The molecule has 156 valence electrons. The van der Waals surface area contributed by atoms with E-state index in [2.05, 4.69) is 5.32 Å². The van der Waals surface area contributed by atoms with Crippen LogP contribution in [0.25, 0.3) is 17.4 Å². The zero-order chi connectivity index (χ0) is 21.5. The van der Waals surface area contributed by atoms with E-state index in [0.29, 0.717) is 34.3 Å². The Morgan fingerprint density at radius 2 is 1.63 bits per heavy atom. The monoisotopic (exact) mass is 411 g/mol. The lowest BCUT2D eigenvalue weighted by atomic mass is 10.1. The number of furan rings is 1. The smallest absolute Gasteiger partial charge is 0.244 e. The zero-order valence-corrected chi connectivity index (χ0v) is 16.9. The van der Waals surface area contributed by atoms with Gasteiger partial charge in [-0.3, -0.25) is 4.79 Å². The molecule has 0 aliphatic carbocycles. The summed E-state index contributed by atoms with van der Waals surface area (Å²) in [5.74, 6) is 2.19. The number of halogens is 1. The highest BCUT2D eigenvalue weighted by atomic mass is 19.1. The number of carbonyl (C=O) groups excluding carboxylic acids is 1.